The van der Waals surface area contributed by atoms with Crippen molar-refractivity contribution in [2.24, 2.45) is 5.92 Å². The molecule has 0 spiro atoms. The van der Waals surface area contributed by atoms with Crippen molar-refractivity contribution in [3.63, 3.8) is 0 Å². The maximum absolute atomic E-state index is 13.4. The van der Waals surface area contributed by atoms with Crippen molar-refractivity contribution in [1.82, 2.24) is 5.32 Å². The number of halogens is 2. The van der Waals surface area contributed by atoms with Crippen LogP contribution in [0, 0.1) is 24.5 Å². The van der Waals surface area contributed by atoms with E-state index in [0.717, 1.165) is 30.3 Å². The molecule has 1 saturated heterocycles. The first-order chi connectivity index (χ1) is 12.0. The highest BCUT2D eigenvalue weighted by Crippen LogP contribution is 2.25. The van der Waals surface area contributed by atoms with E-state index in [9.17, 15) is 13.6 Å². The third-order valence-electron chi connectivity index (χ3n) is 4.38. The van der Waals surface area contributed by atoms with Crippen LogP contribution in [-0.4, -0.2) is 25.7 Å². The molecule has 0 aromatic heterocycles. The van der Waals surface area contributed by atoms with E-state index in [4.69, 9.17) is 0 Å². The van der Waals surface area contributed by atoms with E-state index in [2.05, 4.69) is 10.6 Å². The van der Waals surface area contributed by atoms with Gasteiger partial charge in [-0.2, -0.15) is 0 Å². The van der Waals surface area contributed by atoms with E-state index in [1.165, 1.54) is 6.07 Å². The molecule has 1 heterocycles. The molecule has 25 heavy (non-hydrogen) atoms. The first kappa shape index (κ1) is 17.2. The molecule has 0 bridgehead atoms. The van der Waals surface area contributed by atoms with Crippen LogP contribution in [0.5, 0.6) is 0 Å². The second kappa shape index (κ2) is 7.51. The number of carbonyl (C=O) groups is 1. The zero-order chi connectivity index (χ0) is 17.8. The SMILES string of the molecule is Cc1cccc(NC(=O)NCC2CCN(c3ccc(F)c(F)c3)C2)c1. The van der Waals surface area contributed by atoms with Gasteiger partial charge in [0, 0.05) is 37.1 Å². The van der Waals surface area contributed by atoms with E-state index in [-0.39, 0.29) is 11.9 Å². The summed E-state index contributed by atoms with van der Waals surface area (Å²) >= 11 is 0. The Hall–Kier alpha value is -2.63. The van der Waals surface area contributed by atoms with Crippen LogP contribution in [-0.2, 0) is 0 Å². The molecule has 0 radical (unpaired) electrons. The quantitative estimate of drug-likeness (QED) is 0.882. The lowest BCUT2D eigenvalue weighted by atomic mass is 10.1. The predicted octanol–water partition coefficient (Wildman–Crippen LogP) is 3.92. The number of rotatable bonds is 4. The molecule has 1 aliphatic rings. The molecule has 132 valence electrons. The summed E-state index contributed by atoms with van der Waals surface area (Å²) in [6.07, 6.45) is 0.893. The molecular weight excluding hydrogens is 324 g/mol. The lowest BCUT2D eigenvalue weighted by Crippen LogP contribution is -2.34. The number of hydrogen-bond acceptors (Lipinski definition) is 2. The van der Waals surface area contributed by atoms with Gasteiger partial charge in [0.1, 0.15) is 0 Å². The molecule has 1 unspecified atom stereocenters. The van der Waals surface area contributed by atoms with Gasteiger partial charge in [-0.05, 0) is 49.1 Å². The number of nitrogens with one attached hydrogen (secondary N) is 2. The van der Waals surface area contributed by atoms with Crippen LogP contribution in [0.3, 0.4) is 0 Å². The van der Waals surface area contributed by atoms with Crippen LogP contribution in [0.2, 0.25) is 0 Å². The van der Waals surface area contributed by atoms with Gasteiger partial charge in [-0.1, -0.05) is 12.1 Å². The molecule has 0 saturated carbocycles. The molecule has 1 atom stereocenters. The maximum Gasteiger partial charge on any atom is 0.319 e. The Bertz CT molecular complexity index is 766. The van der Waals surface area contributed by atoms with Crippen LogP contribution in [0.4, 0.5) is 25.0 Å². The summed E-state index contributed by atoms with van der Waals surface area (Å²) in [6, 6.07) is 11.3. The topological polar surface area (TPSA) is 44.4 Å². The Morgan fingerprint density at radius 3 is 2.80 bits per heavy atom. The summed E-state index contributed by atoms with van der Waals surface area (Å²) in [5, 5.41) is 5.68. The van der Waals surface area contributed by atoms with Gasteiger partial charge in [0.05, 0.1) is 0 Å². The van der Waals surface area contributed by atoms with Gasteiger partial charge in [-0.3, -0.25) is 0 Å². The number of aryl methyl sites for hydroxylation is 1. The average Bonchev–Trinajstić information content (AvgIpc) is 3.04. The van der Waals surface area contributed by atoms with Gasteiger partial charge in [0.2, 0.25) is 0 Å². The summed E-state index contributed by atoms with van der Waals surface area (Å²) in [5.41, 5.74) is 2.51. The number of hydrogen-bond donors (Lipinski definition) is 2. The van der Waals surface area contributed by atoms with Crippen molar-refractivity contribution in [1.29, 1.82) is 0 Å². The fourth-order valence-electron chi connectivity index (χ4n) is 3.05. The van der Waals surface area contributed by atoms with Gasteiger partial charge in [0.25, 0.3) is 0 Å². The van der Waals surface area contributed by atoms with E-state index in [1.54, 1.807) is 6.07 Å². The van der Waals surface area contributed by atoms with Gasteiger partial charge in [-0.25, -0.2) is 13.6 Å². The Morgan fingerprint density at radius 2 is 2.04 bits per heavy atom. The molecule has 1 fully saturated rings. The van der Waals surface area contributed by atoms with Gasteiger partial charge >= 0.3 is 6.03 Å². The molecule has 2 aromatic carbocycles. The van der Waals surface area contributed by atoms with Crippen LogP contribution >= 0.6 is 0 Å². The standard InChI is InChI=1S/C19H21F2N3O/c1-13-3-2-4-15(9-13)23-19(25)22-11-14-7-8-24(12-14)16-5-6-17(20)18(21)10-16/h2-6,9-10,14H,7-8,11-12H2,1H3,(H2,22,23,25). The third-order valence-corrected chi connectivity index (χ3v) is 4.38. The third kappa shape index (κ3) is 4.47. The second-order valence-corrected chi connectivity index (χ2v) is 6.40. The fourth-order valence-corrected chi connectivity index (χ4v) is 3.05. The zero-order valence-electron chi connectivity index (χ0n) is 14.1. The lowest BCUT2D eigenvalue weighted by molar-refractivity contribution is 0.250. The van der Waals surface area contributed by atoms with Crippen LogP contribution in [0.1, 0.15) is 12.0 Å². The molecule has 4 nitrogen and oxygen atoms in total. The first-order valence-corrected chi connectivity index (χ1v) is 8.33. The van der Waals surface area contributed by atoms with Gasteiger partial charge in [0.15, 0.2) is 11.6 Å². The zero-order valence-corrected chi connectivity index (χ0v) is 14.1. The van der Waals surface area contributed by atoms with Crippen LogP contribution in [0.25, 0.3) is 0 Å². The smallest absolute Gasteiger partial charge is 0.319 e. The highest BCUT2D eigenvalue weighted by Gasteiger charge is 2.23. The van der Waals surface area contributed by atoms with Crippen molar-refractivity contribution >= 4 is 17.4 Å². The highest BCUT2D eigenvalue weighted by molar-refractivity contribution is 5.89. The number of carbonyl (C=O) groups excluding carboxylic acids is 1. The summed E-state index contributed by atoms with van der Waals surface area (Å²) in [4.78, 5) is 14.0. The Morgan fingerprint density at radius 1 is 1.20 bits per heavy atom. The minimum absolute atomic E-state index is 0.239. The Labute approximate surface area is 145 Å². The number of nitrogens with zero attached hydrogens (tertiary/aromatic N) is 1. The number of benzene rings is 2. The minimum Gasteiger partial charge on any atom is -0.371 e. The van der Waals surface area contributed by atoms with E-state index in [1.807, 2.05) is 36.1 Å². The van der Waals surface area contributed by atoms with E-state index >= 15 is 0 Å². The normalized spacial score (nSPS) is 16.8. The maximum atomic E-state index is 13.4. The summed E-state index contributed by atoms with van der Waals surface area (Å²) in [6.45, 7) is 3.97. The molecule has 1 aliphatic heterocycles. The lowest BCUT2D eigenvalue weighted by Gasteiger charge is -2.19. The minimum atomic E-state index is -0.839. The van der Waals surface area contributed by atoms with Crippen molar-refractivity contribution in [2.45, 2.75) is 13.3 Å². The monoisotopic (exact) mass is 345 g/mol. The fraction of sp³-hybridized carbons (Fsp3) is 0.316. The van der Waals surface area contributed by atoms with Crippen molar-refractivity contribution < 1.29 is 13.6 Å². The van der Waals surface area contributed by atoms with Gasteiger partial charge in [-0.15, -0.1) is 0 Å². The largest absolute Gasteiger partial charge is 0.371 e. The van der Waals surface area contributed by atoms with Crippen molar-refractivity contribution in [2.75, 3.05) is 29.9 Å². The summed E-state index contributed by atoms with van der Waals surface area (Å²) < 4.78 is 26.4. The molecule has 2 amide bonds. The molecule has 0 aliphatic carbocycles. The van der Waals surface area contributed by atoms with Crippen molar-refractivity contribution in [3.05, 3.63) is 59.7 Å². The van der Waals surface area contributed by atoms with Crippen molar-refractivity contribution in [3.8, 4) is 0 Å². The van der Waals surface area contributed by atoms with E-state index in [0.29, 0.717) is 18.8 Å². The predicted molar refractivity (Wildman–Crippen MR) is 94.9 cm³/mol. The summed E-state index contributed by atoms with van der Waals surface area (Å²) in [5.74, 6) is -1.40. The first-order valence-electron chi connectivity index (χ1n) is 8.33. The number of anilines is 2. The van der Waals surface area contributed by atoms with E-state index < -0.39 is 11.6 Å². The van der Waals surface area contributed by atoms with Gasteiger partial charge < -0.3 is 15.5 Å². The van der Waals surface area contributed by atoms with Crippen LogP contribution in [0.15, 0.2) is 42.5 Å². The molecule has 2 N–H and O–H groups in total. The average molecular weight is 345 g/mol. The number of urea groups is 1. The Kier molecular flexibility index (Phi) is 5.16. The molecular formula is C19H21F2N3O. The number of amides is 2. The Balaban J connectivity index is 1.48. The molecule has 2 aromatic rings. The molecule has 3 rings (SSSR count). The summed E-state index contributed by atoms with van der Waals surface area (Å²) in [7, 11) is 0. The van der Waals surface area contributed by atoms with Crippen LogP contribution < -0.4 is 15.5 Å². The molecule has 6 heteroatoms. The highest BCUT2D eigenvalue weighted by atomic mass is 19.2. The second-order valence-electron chi connectivity index (χ2n) is 6.40.